The van der Waals surface area contributed by atoms with Gasteiger partial charge in [-0.3, -0.25) is 4.79 Å². The highest BCUT2D eigenvalue weighted by atomic mass is 16.2. The van der Waals surface area contributed by atoms with Crippen LogP contribution in [0.4, 0.5) is 0 Å². The summed E-state index contributed by atoms with van der Waals surface area (Å²) < 4.78 is 0. The molecule has 1 amide bonds. The molecule has 0 heterocycles. The summed E-state index contributed by atoms with van der Waals surface area (Å²) in [6.07, 6.45) is 15.1. The maximum absolute atomic E-state index is 13.2. The van der Waals surface area contributed by atoms with E-state index in [4.69, 9.17) is 0 Å². The quantitative estimate of drug-likeness (QED) is 0.762. The molecule has 0 saturated carbocycles. The molecule has 0 fully saturated rings. The van der Waals surface area contributed by atoms with Crippen LogP contribution in [-0.2, 0) is 11.2 Å². The van der Waals surface area contributed by atoms with Crippen LogP contribution in [0, 0.1) is 11.3 Å². The Morgan fingerprint density at radius 2 is 1.65 bits per heavy atom. The molecule has 0 bridgehead atoms. The number of rotatable bonds is 6. The minimum atomic E-state index is -0.432. The lowest BCUT2D eigenvalue weighted by atomic mass is 9.67. The van der Waals surface area contributed by atoms with Crippen LogP contribution in [0.3, 0.4) is 0 Å². The molecule has 2 heteroatoms. The number of hydrogen-bond donors (Lipinski definition) is 0. The summed E-state index contributed by atoms with van der Waals surface area (Å²) in [4.78, 5) is 15.0. The van der Waals surface area contributed by atoms with Gasteiger partial charge in [-0.25, -0.2) is 0 Å². The molecule has 1 unspecified atom stereocenters. The van der Waals surface area contributed by atoms with Crippen LogP contribution in [0.1, 0.15) is 25.3 Å². The van der Waals surface area contributed by atoms with Gasteiger partial charge in [0.25, 0.3) is 0 Å². The summed E-state index contributed by atoms with van der Waals surface area (Å²) >= 11 is 0. The summed E-state index contributed by atoms with van der Waals surface area (Å²) in [5, 5.41) is 0. The predicted molar refractivity (Wildman–Crippen MR) is 97.1 cm³/mol. The summed E-state index contributed by atoms with van der Waals surface area (Å²) in [6.45, 7) is 2.16. The molecule has 2 rings (SSSR count). The number of carbonyl (C=O) groups excluding carboxylic acids is 1. The Bertz CT molecular complexity index is 582. The first kappa shape index (κ1) is 17.3. The fraction of sp³-hybridized carbons (Fsp3) is 0.381. The first-order chi connectivity index (χ1) is 11.1. The van der Waals surface area contributed by atoms with Gasteiger partial charge in [0.05, 0.1) is 5.41 Å². The third-order valence-corrected chi connectivity index (χ3v) is 4.50. The van der Waals surface area contributed by atoms with E-state index in [2.05, 4.69) is 43.4 Å². The second kappa shape index (κ2) is 7.96. The Balaban J connectivity index is 2.48. The number of carbonyl (C=O) groups is 1. The lowest BCUT2D eigenvalue weighted by molar-refractivity contribution is -0.141. The van der Waals surface area contributed by atoms with E-state index in [0.717, 1.165) is 19.3 Å². The molecule has 23 heavy (non-hydrogen) atoms. The van der Waals surface area contributed by atoms with Gasteiger partial charge < -0.3 is 4.90 Å². The molecule has 1 atom stereocenters. The molecule has 1 aliphatic carbocycles. The van der Waals surface area contributed by atoms with Crippen molar-refractivity contribution in [2.24, 2.45) is 11.3 Å². The van der Waals surface area contributed by atoms with E-state index < -0.39 is 5.41 Å². The topological polar surface area (TPSA) is 20.3 Å². The Hall–Kier alpha value is -2.09. The van der Waals surface area contributed by atoms with E-state index in [9.17, 15) is 4.79 Å². The maximum atomic E-state index is 13.2. The molecule has 1 aliphatic rings. The van der Waals surface area contributed by atoms with Gasteiger partial charge in [-0.1, -0.05) is 80.1 Å². The largest absolute Gasteiger partial charge is 0.348 e. The average Bonchev–Trinajstić information content (AvgIpc) is 2.84. The van der Waals surface area contributed by atoms with Gasteiger partial charge in [0.15, 0.2) is 0 Å². The minimum absolute atomic E-state index is 0.104. The van der Waals surface area contributed by atoms with Gasteiger partial charge in [-0.15, -0.1) is 0 Å². The van der Waals surface area contributed by atoms with E-state index in [1.807, 2.05) is 44.4 Å². The lowest BCUT2D eigenvalue weighted by Gasteiger charge is -2.39. The molecule has 1 aromatic rings. The molecule has 122 valence electrons. The van der Waals surface area contributed by atoms with Crippen LogP contribution in [0.2, 0.25) is 0 Å². The average molecular weight is 309 g/mol. The monoisotopic (exact) mass is 309 g/mol. The van der Waals surface area contributed by atoms with Crippen molar-refractivity contribution in [3.05, 3.63) is 72.4 Å². The first-order valence-electron chi connectivity index (χ1n) is 8.37. The Kier molecular flexibility index (Phi) is 5.97. The third kappa shape index (κ3) is 4.01. The standard InChI is InChI=1S/C21H27NO/c1-4-16-21(20(23)22(2)3,17-18-12-8-7-9-13-18)19-14-10-5-6-11-15-19/h5-15,19H,4,16-17H2,1-3H3. The Labute approximate surface area is 140 Å². The highest BCUT2D eigenvalue weighted by Crippen LogP contribution is 2.41. The molecular formula is C21H27NO. The van der Waals surface area contributed by atoms with Crippen molar-refractivity contribution in [1.29, 1.82) is 0 Å². The molecule has 1 aromatic carbocycles. The Morgan fingerprint density at radius 1 is 1.04 bits per heavy atom. The molecule has 0 saturated heterocycles. The Morgan fingerprint density at radius 3 is 2.17 bits per heavy atom. The highest BCUT2D eigenvalue weighted by molar-refractivity contribution is 5.83. The van der Waals surface area contributed by atoms with Crippen LogP contribution in [0.5, 0.6) is 0 Å². The van der Waals surface area contributed by atoms with E-state index in [-0.39, 0.29) is 11.8 Å². The van der Waals surface area contributed by atoms with Crippen molar-refractivity contribution in [2.75, 3.05) is 14.1 Å². The summed E-state index contributed by atoms with van der Waals surface area (Å²) in [6, 6.07) is 10.4. The van der Waals surface area contributed by atoms with E-state index in [0.29, 0.717) is 0 Å². The molecule has 0 aromatic heterocycles. The van der Waals surface area contributed by atoms with E-state index >= 15 is 0 Å². The molecule has 0 spiro atoms. The second-order valence-corrected chi connectivity index (χ2v) is 6.45. The van der Waals surface area contributed by atoms with Gasteiger partial charge in [0.1, 0.15) is 0 Å². The third-order valence-electron chi connectivity index (χ3n) is 4.50. The van der Waals surface area contributed by atoms with Crippen LogP contribution >= 0.6 is 0 Å². The smallest absolute Gasteiger partial charge is 0.229 e. The number of nitrogens with zero attached hydrogens (tertiary/aromatic N) is 1. The van der Waals surface area contributed by atoms with Gasteiger partial charge in [0.2, 0.25) is 5.91 Å². The van der Waals surface area contributed by atoms with E-state index in [1.54, 1.807) is 4.90 Å². The molecule has 0 N–H and O–H groups in total. The molecule has 0 aliphatic heterocycles. The van der Waals surface area contributed by atoms with Crippen LogP contribution in [0.15, 0.2) is 66.8 Å². The number of hydrogen-bond acceptors (Lipinski definition) is 1. The van der Waals surface area contributed by atoms with Gasteiger partial charge in [0, 0.05) is 20.0 Å². The first-order valence-corrected chi connectivity index (χ1v) is 8.37. The maximum Gasteiger partial charge on any atom is 0.229 e. The molecule has 2 nitrogen and oxygen atoms in total. The number of benzene rings is 1. The van der Waals surface area contributed by atoms with Crippen molar-refractivity contribution < 1.29 is 4.79 Å². The summed E-state index contributed by atoms with van der Waals surface area (Å²) in [5.41, 5.74) is 0.786. The fourth-order valence-corrected chi connectivity index (χ4v) is 3.48. The van der Waals surface area contributed by atoms with Gasteiger partial charge in [-0.2, -0.15) is 0 Å². The van der Waals surface area contributed by atoms with E-state index in [1.165, 1.54) is 5.56 Å². The van der Waals surface area contributed by atoms with Gasteiger partial charge in [-0.05, 0) is 18.4 Å². The highest BCUT2D eigenvalue weighted by Gasteiger charge is 2.43. The SMILES string of the molecule is CCCC(Cc1ccccc1)(C(=O)N(C)C)C1C=CC=CC=C1. The van der Waals surface area contributed by atoms with Gasteiger partial charge >= 0.3 is 0 Å². The lowest BCUT2D eigenvalue weighted by Crippen LogP contribution is -2.46. The molecule has 0 radical (unpaired) electrons. The number of allylic oxidation sites excluding steroid dienone is 6. The van der Waals surface area contributed by atoms with Crippen LogP contribution in [-0.4, -0.2) is 24.9 Å². The van der Waals surface area contributed by atoms with Crippen LogP contribution < -0.4 is 0 Å². The van der Waals surface area contributed by atoms with Crippen molar-refractivity contribution in [3.63, 3.8) is 0 Å². The van der Waals surface area contributed by atoms with Crippen molar-refractivity contribution in [3.8, 4) is 0 Å². The minimum Gasteiger partial charge on any atom is -0.348 e. The van der Waals surface area contributed by atoms with Crippen LogP contribution in [0.25, 0.3) is 0 Å². The van der Waals surface area contributed by atoms with Crippen molar-refractivity contribution in [1.82, 2.24) is 4.90 Å². The number of amides is 1. The van der Waals surface area contributed by atoms with Crippen molar-refractivity contribution >= 4 is 5.91 Å². The second-order valence-electron chi connectivity index (χ2n) is 6.45. The van der Waals surface area contributed by atoms with Crippen molar-refractivity contribution in [2.45, 2.75) is 26.2 Å². The predicted octanol–water partition coefficient (Wildman–Crippen LogP) is 4.40. The zero-order chi connectivity index (χ0) is 16.7. The zero-order valence-electron chi connectivity index (χ0n) is 14.4. The normalized spacial score (nSPS) is 16.8. The molecular weight excluding hydrogens is 282 g/mol. The summed E-state index contributed by atoms with van der Waals surface area (Å²) in [7, 11) is 3.72. The zero-order valence-corrected chi connectivity index (χ0v) is 14.4. The summed E-state index contributed by atoms with van der Waals surface area (Å²) in [5.74, 6) is 0.317. The fourth-order valence-electron chi connectivity index (χ4n) is 3.48.